The summed E-state index contributed by atoms with van der Waals surface area (Å²) in [7, 11) is 1.70. The first-order valence-corrected chi connectivity index (χ1v) is 6.22. The van der Waals surface area contributed by atoms with Crippen LogP contribution in [-0.4, -0.2) is 42.5 Å². The predicted molar refractivity (Wildman–Crippen MR) is 68.0 cm³/mol. The summed E-state index contributed by atoms with van der Waals surface area (Å²) in [6, 6.07) is 4.13. The fraction of sp³-hybridized carbons (Fsp3) is 0.462. The molecule has 2 rings (SSSR count). The summed E-state index contributed by atoms with van der Waals surface area (Å²) in [6.07, 6.45) is -4.35. The molecule has 0 spiro atoms. The van der Waals surface area contributed by atoms with E-state index in [0.29, 0.717) is 25.2 Å². The lowest BCUT2D eigenvalue weighted by Crippen LogP contribution is -2.35. The number of nitrogens with zero attached hydrogens (tertiary/aromatic N) is 2. The van der Waals surface area contributed by atoms with E-state index in [-0.39, 0.29) is 6.03 Å². The number of alkyl halides is 3. The number of likely N-dealkylation sites (N-methyl/N-ethyl adjacent to an activating group) is 1. The minimum Gasteiger partial charge on any atom is -0.326 e. The van der Waals surface area contributed by atoms with Gasteiger partial charge >= 0.3 is 12.2 Å². The molecule has 1 atom stereocenters. The van der Waals surface area contributed by atoms with Gasteiger partial charge in [-0.25, -0.2) is 4.79 Å². The number of carbonyl (C=O) groups excluding carboxylic acids is 1. The van der Waals surface area contributed by atoms with Gasteiger partial charge in [-0.05, 0) is 17.7 Å². The molecule has 1 fully saturated rings. The average molecular weight is 287 g/mol. The summed E-state index contributed by atoms with van der Waals surface area (Å²) < 4.78 is 37.4. The van der Waals surface area contributed by atoms with Crippen LogP contribution < -0.4 is 5.73 Å². The van der Waals surface area contributed by atoms with Crippen LogP contribution in [0.5, 0.6) is 0 Å². The van der Waals surface area contributed by atoms with Crippen molar-refractivity contribution in [2.45, 2.75) is 12.2 Å². The van der Waals surface area contributed by atoms with Crippen LogP contribution in [0.3, 0.4) is 0 Å². The Hall–Kier alpha value is -1.76. The zero-order valence-corrected chi connectivity index (χ0v) is 11.0. The Kier molecular flexibility index (Phi) is 3.89. The van der Waals surface area contributed by atoms with Crippen molar-refractivity contribution in [1.82, 2.24) is 9.80 Å². The third kappa shape index (κ3) is 3.04. The largest absolute Gasteiger partial charge is 0.416 e. The Morgan fingerprint density at radius 3 is 2.30 bits per heavy atom. The van der Waals surface area contributed by atoms with Crippen molar-refractivity contribution < 1.29 is 18.0 Å². The number of hydrogen-bond acceptors (Lipinski definition) is 2. The highest BCUT2D eigenvalue weighted by Crippen LogP contribution is 2.29. The van der Waals surface area contributed by atoms with Gasteiger partial charge in [0.1, 0.15) is 0 Å². The predicted octanol–water partition coefficient (Wildman–Crippen LogP) is 2.07. The molecule has 0 bridgehead atoms. The van der Waals surface area contributed by atoms with Crippen LogP contribution in [-0.2, 0) is 6.18 Å². The van der Waals surface area contributed by atoms with Crippen LogP contribution in [0.4, 0.5) is 18.0 Å². The number of urea groups is 1. The number of hydrogen-bond donors (Lipinski definition) is 1. The molecule has 0 aliphatic carbocycles. The number of nitrogens with two attached hydrogens (primary N) is 1. The second-order valence-electron chi connectivity index (χ2n) is 4.88. The van der Waals surface area contributed by atoms with Crippen LogP contribution in [0.2, 0.25) is 0 Å². The molecule has 4 nitrogen and oxygen atoms in total. The standard InChI is InChI=1S/C13H16F3N3O/c1-18-6-7-19(12(18)20)8-11(17)9-2-4-10(5-3-9)13(14,15)16/h2-5,11H,6-8,17H2,1H3. The summed E-state index contributed by atoms with van der Waals surface area (Å²) in [4.78, 5) is 14.9. The molecular formula is C13H16F3N3O. The molecule has 1 aliphatic rings. The maximum Gasteiger partial charge on any atom is 0.416 e. The third-order valence-corrected chi connectivity index (χ3v) is 3.39. The summed E-state index contributed by atoms with van der Waals surface area (Å²) in [5, 5.41) is 0. The van der Waals surface area contributed by atoms with E-state index >= 15 is 0 Å². The lowest BCUT2D eigenvalue weighted by atomic mass is 10.0. The van der Waals surface area contributed by atoms with E-state index in [1.807, 2.05) is 0 Å². The van der Waals surface area contributed by atoms with Gasteiger partial charge in [0.15, 0.2) is 0 Å². The van der Waals surface area contributed by atoms with Gasteiger partial charge in [-0.3, -0.25) is 0 Å². The maximum atomic E-state index is 12.5. The van der Waals surface area contributed by atoms with E-state index in [2.05, 4.69) is 0 Å². The molecule has 1 aromatic rings. The van der Waals surface area contributed by atoms with Gasteiger partial charge in [0, 0.05) is 32.7 Å². The summed E-state index contributed by atoms with van der Waals surface area (Å²) in [6.45, 7) is 1.52. The van der Waals surface area contributed by atoms with Gasteiger partial charge < -0.3 is 15.5 Å². The highest BCUT2D eigenvalue weighted by atomic mass is 19.4. The second kappa shape index (κ2) is 5.32. The Labute approximate surface area is 114 Å². The number of amides is 2. The minimum absolute atomic E-state index is 0.104. The van der Waals surface area contributed by atoms with Crippen LogP contribution in [0.15, 0.2) is 24.3 Å². The van der Waals surface area contributed by atoms with Crippen molar-refractivity contribution in [3.8, 4) is 0 Å². The molecule has 2 N–H and O–H groups in total. The number of halogens is 3. The number of carbonyl (C=O) groups is 1. The normalized spacial score (nSPS) is 17.8. The van der Waals surface area contributed by atoms with E-state index in [4.69, 9.17) is 5.73 Å². The van der Waals surface area contributed by atoms with E-state index in [9.17, 15) is 18.0 Å². The molecule has 110 valence electrons. The topological polar surface area (TPSA) is 49.6 Å². The van der Waals surface area contributed by atoms with E-state index in [1.54, 1.807) is 16.8 Å². The zero-order chi connectivity index (χ0) is 14.9. The van der Waals surface area contributed by atoms with E-state index in [1.165, 1.54) is 12.1 Å². The average Bonchev–Trinajstić information content (AvgIpc) is 2.70. The van der Waals surface area contributed by atoms with Crippen molar-refractivity contribution >= 4 is 6.03 Å². The van der Waals surface area contributed by atoms with E-state index < -0.39 is 17.8 Å². The molecule has 1 unspecified atom stereocenters. The Balaban J connectivity index is 2.03. The van der Waals surface area contributed by atoms with Crippen molar-refractivity contribution in [2.24, 2.45) is 5.73 Å². The lowest BCUT2D eigenvalue weighted by molar-refractivity contribution is -0.137. The minimum atomic E-state index is -4.35. The SMILES string of the molecule is CN1CCN(CC(N)c2ccc(C(F)(F)F)cc2)C1=O. The van der Waals surface area contributed by atoms with Crippen LogP contribution in [0, 0.1) is 0 Å². The van der Waals surface area contributed by atoms with Crippen molar-refractivity contribution in [3.05, 3.63) is 35.4 Å². The molecular weight excluding hydrogens is 271 g/mol. The van der Waals surface area contributed by atoms with Crippen molar-refractivity contribution in [1.29, 1.82) is 0 Å². The molecule has 1 aliphatic heterocycles. The van der Waals surface area contributed by atoms with Gasteiger partial charge in [-0.15, -0.1) is 0 Å². The molecule has 2 amide bonds. The second-order valence-corrected chi connectivity index (χ2v) is 4.88. The zero-order valence-electron chi connectivity index (χ0n) is 11.0. The first-order chi connectivity index (χ1) is 9.29. The van der Waals surface area contributed by atoms with Gasteiger partial charge in [-0.1, -0.05) is 12.1 Å². The smallest absolute Gasteiger partial charge is 0.326 e. The highest BCUT2D eigenvalue weighted by Gasteiger charge is 2.31. The monoisotopic (exact) mass is 287 g/mol. The highest BCUT2D eigenvalue weighted by molar-refractivity contribution is 5.76. The van der Waals surface area contributed by atoms with Gasteiger partial charge in [0.25, 0.3) is 0 Å². The number of rotatable bonds is 3. The third-order valence-electron chi connectivity index (χ3n) is 3.39. The van der Waals surface area contributed by atoms with E-state index in [0.717, 1.165) is 12.1 Å². The molecule has 1 heterocycles. The van der Waals surface area contributed by atoms with Gasteiger partial charge in [0.05, 0.1) is 5.56 Å². The lowest BCUT2D eigenvalue weighted by Gasteiger charge is -2.21. The first kappa shape index (κ1) is 14.6. The van der Waals surface area contributed by atoms with Crippen LogP contribution in [0.1, 0.15) is 17.2 Å². The fourth-order valence-electron chi connectivity index (χ4n) is 2.13. The van der Waals surface area contributed by atoms with Crippen molar-refractivity contribution in [3.63, 3.8) is 0 Å². The summed E-state index contributed by atoms with van der Waals surface area (Å²) in [5.41, 5.74) is 5.83. The Bertz CT molecular complexity index is 487. The van der Waals surface area contributed by atoms with Gasteiger partial charge in [-0.2, -0.15) is 13.2 Å². The van der Waals surface area contributed by atoms with Crippen LogP contribution >= 0.6 is 0 Å². The molecule has 0 radical (unpaired) electrons. The maximum absolute atomic E-state index is 12.5. The summed E-state index contributed by atoms with van der Waals surface area (Å²) >= 11 is 0. The van der Waals surface area contributed by atoms with Crippen molar-refractivity contribution in [2.75, 3.05) is 26.7 Å². The molecule has 0 saturated carbocycles. The van der Waals surface area contributed by atoms with Gasteiger partial charge in [0.2, 0.25) is 0 Å². The molecule has 20 heavy (non-hydrogen) atoms. The molecule has 1 aromatic carbocycles. The molecule has 0 aromatic heterocycles. The molecule has 1 saturated heterocycles. The molecule has 7 heteroatoms. The quantitative estimate of drug-likeness (QED) is 0.925. The Morgan fingerprint density at radius 2 is 1.85 bits per heavy atom. The van der Waals surface area contributed by atoms with Crippen LogP contribution in [0.25, 0.3) is 0 Å². The number of benzene rings is 1. The summed E-state index contributed by atoms with van der Waals surface area (Å²) in [5.74, 6) is 0. The first-order valence-electron chi connectivity index (χ1n) is 6.22. The fourth-order valence-corrected chi connectivity index (χ4v) is 2.13. The Morgan fingerprint density at radius 1 is 1.25 bits per heavy atom.